The number of carbonyl (C=O) groups excluding carboxylic acids is 2. The van der Waals surface area contributed by atoms with Gasteiger partial charge in [0.15, 0.2) is 5.76 Å². The maximum atomic E-state index is 13.0. The summed E-state index contributed by atoms with van der Waals surface area (Å²) in [5.41, 5.74) is 1.34. The van der Waals surface area contributed by atoms with Crippen LogP contribution in [-0.2, 0) is 4.79 Å². The molecule has 7 nitrogen and oxygen atoms in total. The molecule has 8 heteroatoms. The van der Waals surface area contributed by atoms with Gasteiger partial charge in [0, 0.05) is 12.6 Å². The third-order valence-electron chi connectivity index (χ3n) is 4.64. The van der Waals surface area contributed by atoms with Crippen LogP contribution in [0.25, 0.3) is 17.1 Å². The van der Waals surface area contributed by atoms with E-state index in [1.807, 2.05) is 6.07 Å². The molecule has 0 radical (unpaired) electrons. The van der Waals surface area contributed by atoms with Crippen molar-refractivity contribution in [1.82, 2.24) is 20.4 Å². The molecule has 3 aromatic rings. The molecule has 1 aliphatic heterocycles. The Bertz CT molecular complexity index is 997. The van der Waals surface area contributed by atoms with Crippen molar-refractivity contribution in [3.05, 3.63) is 59.4 Å². The van der Waals surface area contributed by atoms with E-state index >= 15 is 0 Å². The molecule has 2 amide bonds. The van der Waals surface area contributed by atoms with Gasteiger partial charge in [0.1, 0.15) is 17.4 Å². The molecular weight excluding hydrogens is 380 g/mol. The number of para-hydroxylation sites is 1. The topological polar surface area (TPSA) is 89.2 Å². The molecule has 0 spiro atoms. The molecule has 1 aliphatic rings. The lowest BCUT2D eigenvalue weighted by molar-refractivity contribution is -0.122. The first-order valence-corrected chi connectivity index (χ1v) is 9.49. The number of furan rings is 1. The van der Waals surface area contributed by atoms with Gasteiger partial charge in [-0.1, -0.05) is 23.7 Å². The molecule has 2 aromatic heterocycles. The molecule has 2 N–H and O–H groups in total. The number of nitrogens with one attached hydrogen (secondary N) is 2. The largest absolute Gasteiger partial charge is 0.463 e. The summed E-state index contributed by atoms with van der Waals surface area (Å²) in [6, 6.07) is 11.7. The summed E-state index contributed by atoms with van der Waals surface area (Å²) in [4.78, 5) is 25.2. The van der Waals surface area contributed by atoms with E-state index < -0.39 is 11.9 Å². The molecule has 0 aliphatic carbocycles. The first-order chi connectivity index (χ1) is 13.6. The highest BCUT2D eigenvalue weighted by Crippen LogP contribution is 2.26. The van der Waals surface area contributed by atoms with Crippen LogP contribution in [0.5, 0.6) is 0 Å². The Morgan fingerprint density at radius 3 is 2.89 bits per heavy atom. The van der Waals surface area contributed by atoms with Crippen LogP contribution in [0.15, 0.2) is 53.1 Å². The Hall–Kier alpha value is -3.06. The third kappa shape index (κ3) is 3.66. The minimum atomic E-state index is -0.573. The second kappa shape index (κ2) is 7.90. The van der Waals surface area contributed by atoms with Crippen molar-refractivity contribution in [3.63, 3.8) is 0 Å². The fourth-order valence-corrected chi connectivity index (χ4v) is 3.42. The lowest BCUT2D eigenvalue weighted by atomic mass is 10.1. The van der Waals surface area contributed by atoms with Gasteiger partial charge in [-0.05, 0) is 43.5 Å². The first kappa shape index (κ1) is 18.3. The molecule has 1 unspecified atom stereocenters. The van der Waals surface area contributed by atoms with Crippen molar-refractivity contribution in [2.24, 2.45) is 0 Å². The highest BCUT2D eigenvalue weighted by molar-refractivity contribution is 6.32. The predicted molar refractivity (Wildman–Crippen MR) is 104 cm³/mol. The van der Waals surface area contributed by atoms with E-state index in [1.165, 1.54) is 4.68 Å². The van der Waals surface area contributed by atoms with Gasteiger partial charge in [-0.25, -0.2) is 4.68 Å². The number of amides is 2. The van der Waals surface area contributed by atoms with Crippen LogP contribution in [0.1, 0.15) is 29.8 Å². The van der Waals surface area contributed by atoms with Crippen LogP contribution >= 0.6 is 11.6 Å². The van der Waals surface area contributed by atoms with Gasteiger partial charge in [-0.3, -0.25) is 9.59 Å². The fraction of sp³-hybridized carbons (Fsp3) is 0.250. The number of benzene rings is 1. The Kier molecular flexibility index (Phi) is 5.16. The quantitative estimate of drug-likeness (QED) is 0.706. The second-order valence-corrected chi connectivity index (χ2v) is 6.98. The predicted octanol–water partition coefficient (Wildman–Crippen LogP) is 3.18. The van der Waals surface area contributed by atoms with Crippen molar-refractivity contribution in [2.75, 3.05) is 6.54 Å². The number of hydrogen-bond acceptors (Lipinski definition) is 4. The maximum Gasteiger partial charge on any atom is 0.270 e. The Morgan fingerprint density at radius 2 is 2.11 bits per heavy atom. The molecule has 1 atom stereocenters. The number of rotatable bonds is 4. The Labute approximate surface area is 166 Å². The van der Waals surface area contributed by atoms with Crippen molar-refractivity contribution < 1.29 is 14.0 Å². The molecule has 144 valence electrons. The van der Waals surface area contributed by atoms with Gasteiger partial charge in [-0.2, -0.15) is 5.10 Å². The van der Waals surface area contributed by atoms with Gasteiger partial charge >= 0.3 is 0 Å². The van der Waals surface area contributed by atoms with Gasteiger partial charge in [0.05, 0.1) is 17.0 Å². The Morgan fingerprint density at radius 1 is 1.25 bits per heavy atom. The third-order valence-corrected chi connectivity index (χ3v) is 4.96. The molecule has 1 aromatic carbocycles. The highest BCUT2D eigenvalue weighted by Gasteiger charge is 2.26. The van der Waals surface area contributed by atoms with E-state index in [0.29, 0.717) is 35.1 Å². The number of nitrogens with zero attached hydrogens (tertiary/aromatic N) is 2. The van der Waals surface area contributed by atoms with Crippen LogP contribution < -0.4 is 10.6 Å². The van der Waals surface area contributed by atoms with Gasteiger partial charge in [-0.15, -0.1) is 0 Å². The molecule has 0 saturated carbocycles. The zero-order valence-electron chi connectivity index (χ0n) is 15.0. The van der Waals surface area contributed by atoms with Crippen LogP contribution in [0.2, 0.25) is 5.02 Å². The van der Waals surface area contributed by atoms with E-state index in [4.69, 9.17) is 16.0 Å². The van der Waals surface area contributed by atoms with Gasteiger partial charge in [0.25, 0.3) is 5.91 Å². The van der Waals surface area contributed by atoms with Crippen molar-refractivity contribution in [2.45, 2.75) is 25.3 Å². The van der Waals surface area contributed by atoms with Gasteiger partial charge in [0.2, 0.25) is 5.91 Å². The minimum Gasteiger partial charge on any atom is -0.463 e. The highest BCUT2D eigenvalue weighted by atomic mass is 35.5. The zero-order chi connectivity index (χ0) is 19.5. The summed E-state index contributed by atoms with van der Waals surface area (Å²) < 4.78 is 6.89. The fourth-order valence-electron chi connectivity index (χ4n) is 3.20. The summed E-state index contributed by atoms with van der Waals surface area (Å²) >= 11 is 6.33. The normalized spacial score (nSPS) is 17.0. The minimum absolute atomic E-state index is 0.166. The van der Waals surface area contributed by atoms with Crippen molar-refractivity contribution >= 4 is 23.4 Å². The standard InChI is InChI=1S/C20H19ClN4O3/c21-13-6-1-2-8-16(13)25-17(12-15(24-25)18-9-5-11-28-18)20(27)23-14-7-3-4-10-22-19(14)26/h1-2,5-6,8-9,11-12,14H,3-4,7,10H2,(H,22,26)(H,23,27). The summed E-state index contributed by atoms with van der Waals surface area (Å²) in [5.74, 6) is -0.0275. The smallest absolute Gasteiger partial charge is 0.270 e. The van der Waals surface area contributed by atoms with Crippen molar-refractivity contribution in [1.29, 1.82) is 0 Å². The van der Waals surface area contributed by atoms with E-state index in [2.05, 4.69) is 15.7 Å². The summed E-state index contributed by atoms with van der Waals surface area (Å²) in [7, 11) is 0. The molecule has 1 saturated heterocycles. The maximum absolute atomic E-state index is 13.0. The second-order valence-electron chi connectivity index (χ2n) is 6.57. The van der Waals surface area contributed by atoms with Crippen LogP contribution in [-0.4, -0.2) is 34.2 Å². The number of halogens is 1. The molecular formula is C20H19ClN4O3. The van der Waals surface area contributed by atoms with Crippen LogP contribution in [0.4, 0.5) is 0 Å². The monoisotopic (exact) mass is 398 g/mol. The first-order valence-electron chi connectivity index (χ1n) is 9.11. The molecule has 28 heavy (non-hydrogen) atoms. The lowest BCUT2D eigenvalue weighted by Crippen LogP contribution is -2.45. The summed E-state index contributed by atoms with van der Waals surface area (Å²) in [6.07, 6.45) is 3.91. The van der Waals surface area contributed by atoms with E-state index in [-0.39, 0.29) is 11.6 Å². The van der Waals surface area contributed by atoms with Crippen LogP contribution in [0.3, 0.4) is 0 Å². The molecule has 4 rings (SSSR count). The SMILES string of the molecule is O=C(NC1CCCCNC1=O)c1cc(-c2ccco2)nn1-c1ccccc1Cl. The van der Waals surface area contributed by atoms with Crippen LogP contribution in [0, 0.1) is 0 Å². The lowest BCUT2D eigenvalue weighted by Gasteiger charge is -2.16. The number of carbonyl (C=O) groups is 2. The molecule has 3 heterocycles. The number of hydrogen-bond donors (Lipinski definition) is 2. The average molecular weight is 399 g/mol. The van der Waals surface area contributed by atoms with Gasteiger partial charge < -0.3 is 15.1 Å². The van der Waals surface area contributed by atoms with Crippen molar-refractivity contribution in [3.8, 4) is 17.1 Å². The van der Waals surface area contributed by atoms with E-state index in [9.17, 15) is 9.59 Å². The van der Waals surface area contributed by atoms with E-state index in [0.717, 1.165) is 12.8 Å². The summed E-state index contributed by atoms with van der Waals surface area (Å²) in [6.45, 7) is 0.630. The number of aromatic nitrogens is 2. The average Bonchev–Trinajstić information content (AvgIpc) is 3.32. The zero-order valence-corrected chi connectivity index (χ0v) is 15.8. The summed E-state index contributed by atoms with van der Waals surface area (Å²) in [5, 5.41) is 10.6. The van der Waals surface area contributed by atoms with E-state index in [1.54, 1.807) is 42.7 Å². The Balaban J connectivity index is 1.71. The molecule has 0 bridgehead atoms. The molecule has 1 fully saturated rings.